The SMILES string of the molecule is Cc1cc(Nc2nccc(OC(C)C)n2)cc(-c2cncs2)c1. The first-order valence-electron chi connectivity index (χ1n) is 7.37. The normalized spacial score (nSPS) is 10.8. The second kappa shape index (κ2) is 6.75. The highest BCUT2D eigenvalue weighted by molar-refractivity contribution is 7.13. The third kappa shape index (κ3) is 4.04. The van der Waals surface area contributed by atoms with Gasteiger partial charge in [-0.05, 0) is 44.0 Å². The van der Waals surface area contributed by atoms with Crippen LogP contribution in [0, 0.1) is 6.92 Å². The van der Waals surface area contributed by atoms with E-state index in [4.69, 9.17) is 4.74 Å². The van der Waals surface area contributed by atoms with Crippen LogP contribution in [0.3, 0.4) is 0 Å². The highest BCUT2D eigenvalue weighted by Gasteiger charge is 2.06. The number of ether oxygens (including phenoxy) is 1. The summed E-state index contributed by atoms with van der Waals surface area (Å²) in [5.74, 6) is 1.08. The van der Waals surface area contributed by atoms with E-state index < -0.39 is 0 Å². The lowest BCUT2D eigenvalue weighted by Crippen LogP contribution is -2.08. The van der Waals surface area contributed by atoms with E-state index in [1.165, 1.54) is 0 Å². The molecule has 0 bridgehead atoms. The van der Waals surface area contributed by atoms with E-state index in [-0.39, 0.29) is 6.10 Å². The van der Waals surface area contributed by atoms with Crippen LogP contribution in [-0.4, -0.2) is 21.1 Å². The molecule has 5 nitrogen and oxygen atoms in total. The lowest BCUT2D eigenvalue weighted by molar-refractivity contribution is 0.232. The van der Waals surface area contributed by atoms with Crippen molar-refractivity contribution >= 4 is 23.0 Å². The molecule has 0 fully saturated rings. The summed E-state index contributed by atoms with van der Waals surface area (Å²) in [6.07, 6.45) is 3.64. The van der Waals surface area contributed by atoms with Crippen molar-refractivity contribution in [2.45, 2.75) is 26.9 Å². The third-order valence-electron chi connectivity index (χ3n) is 3.04. The number of aromatic nitrogens is 3. The van der Waals surface area contributed by atoms with Gasteiger partial charge in [-0.2, -0.15) is 4.98 Å². The fourth-order valence-corrected chi connectivity index (χ4v) is 2.81. The van der Waals surface area contributed by atoms with Crippen molar-refractivity contribution in [3.63, 3.8) is 0 Å². The Morgan fingerprint density at radius 2 is 2.09 bits per heavy atom. The Bertz CT molecular complexity index is 787. The Kier molecular flexibility index (Phi) is 4.52. The van der Waals surface area contributed by atoms with E-state index in [2.05, 4.69) is 45.4 Å². The van der Waals surface area contributed by atoms with Crippen LogP contribution in [-0.2, 0) is 0 Å². The van der Waals surface area contributed by atoms with Crippen LogP contribution in [0.5, 0.6) is 5.88 Å². The fraction of sp³-hybridized carbons (Fsp3) is 0.235. The number of hydrogen-bond acceptors (Lipinski definition) is 6. The molecule has 0 unspecified atom stereocenters. The van der Waals surface area contributed by atoms with Crippen LogP contribution in [0.25, 0.3) is 10.4 Å². The van der Waals surface area contributed by atoms with Gasteiger partial charge < -0.3 is 10.1 Å². The Labute approximate surface area is 139 Å². The Morgan fingerprint density at radius 3 is 2.83 bits per heavy atom. The van der Waals surface area contributed by atoms with Crippen molar-refractivity contribution in [2.75, 3.05) is 5.32 Å². The number of anilines is 2. The highest BCUT2D eigenvalue weighted by Crippen LogP contribution is 2.28. The molecular weight excluding hydrogens is 308 g/mol. The van der Waals surface area contributed by atoms with Gasteiger partial charge in [-0.1, -0.05) is 6.07 Å². The maximum Gasteiger partial charge on any atom is 0.230 e. The van der Waals surface area contributed by atoms with Gasteiger partial charge in [0.05, 0.1) is 16.5 Å². The van der Waals surface area contributed by atoms with Gasteiger partial charge in [0, 0.05) is 24.1 Å². The molecule has 0 aliphatic carbocycles. The minimum absolute atomic E-state index is 0.0784. The summed E-state index contributed by atoms with van der Waals surface area (Å²) in [7, 11) is 0. The molecule has 1 N–H and O–H groups in total. The lowest BCUT2D eigenvalue weighted by atomic mass is 10.1. The number of hydrogen-bond donors (Lipinski definition) is 1. The molecule has 0 atom stereocenters. The van der Waals surface area contributed by atoms with E-state index in [1.807, 2.05) is 25.6 Å². The first-order chi connectivity index (χ1) is 11.1. The molecule has 118 valence electrons. The van der Waals surface area contributed by atoms with Gasteiger partial charge in [0.2, 0.25) is 11.8 Å². The van der Waals surface area contributed by atoms with Gasteiger partial charge in [0.1, 0.15) is 0 Å². The van der Waals surface area contributed by atoms with Crippen molar-refractivity contribution in [1.29, 1.82) is 0 Å². The van der Waals surface area contributed by atoms with Crippen LogP contribution in [0.1, 0.15) is 19.4 Å². The second-order valence-electron chi connectivity index (χ2n) is 5.46. The summed E-state index contributed by atoms with van der Waals surface area (Å²) in [6, 6.07) is 8.02. The summed E-state index contributed by atoms with van der Waals surface area (Å²) in [5, 5.41) is 3.24. The summed E-state index contributed by atoms with van der Waals surface area (Å²) in [6.45, 7) is 6.00. The van der Waals surface area contributed by atoms with Crippen molar-refractivity contribution in [3.05, 3.63) is 47.7 Å². The quantitative estimate of drug-likeness (QED) is 0.751. The predicted molar refractivity (Wildman–Crippen MR) is 93.4 cm³/mol. The zero-order valence-electron chi connectivity index (χ0n) is 13.3. The van der Waals surface area contributed by atoms with E-state index in [9.17, 15) is 0 Å². The zero-order valence-corrected chi connectivity index (χ0v) is 14.1. The zero-order chi connectivity index (χ0) is 16.2. The molecule has 0 aliphatic rings. The topological polar surface area (TPSA) is 59.9 Å². The monoisotopic (exact) mass is 326 g/mol. The van der Waals surface area contributed by atoms with Crippen LogP contribution in [0.15, 0.2) is 42.2 Å². The summed E-state index contributed by atoms with van der Waals surface area (Å²) in [5.41, 5.74) is 5.06. The van der Waals surface area contributed by atoms with Gasteiger partial charge in [0.15, 0.2) is 0 Å². The average Bonchev–Trinajstić information content (AvgIpc) is 3.00. The summed E-state index contributed by atoms with van der Waals surface area (Å²) in [4.78, 5) is 13.9. The molecule has 3 aromatic rings. The van der Waals surface area contributed by atoms with Gasteiger partial charge in [-0.25, -0.2) is 4.98 Å². The van der Waals surface area contributed by atoms with E-state index in [0.29, 0.717) is 11.8 Å². The molecular formula is C17H18N4OS. The Morgan fingerprint density at radius 1 is 1.22 bits per heavy atom. The van der Waals surface area contributed by atoms with E-state index >= 15 is 0 Å². The van der Waals surface area contributed by atoms with E-state index in [0.717, 1.165) is 21.7 Å². The Hall–Kier alpha value is -2.47. The molecule has 1 aromatic carbocycles. The highest BCUT2D eigenvalue weighted by atomic mass is 32.1. The third-order valence-corrected chi connectivity index (χ3v) is 3.86. The number of rotatable bonds is 5. The first-order valence-corrected chi connectivity index (χ1v) is 8.25. The predicted octanol–water partition coefficient (Wildman–Crippen LogP) is 4.44. The molecule has 0 aliphatic heterocycles. The smallest absolute Gasteiger partial charge is 0.230 e. The number of benzene rings is 1. The summed E-state index contributed by atoms with van der Waals surface area (Å²) < 4.78 is 5.60. The molecule has 0 spiro atoms. The number of nitrogens with zero attached hydrogens (tertiary/aromatic N) is 3. The maximum absolute atomic E-state index is 5.60. The molecule has 6 heteroatoms. The Balaban J connectivity index is 1.85. The lowest BCUT2D eigenvalue weighted by Gasteiger charge is -2.11. The number of aryl methyl sites for hydroxylation is 1. The standard InChI is InChI=1S/C17H18N4OS/c1-11(2)22-16-4-5-19-17(21-16)20-14-7-12(3)6-13(8-14)15-9-18-10-23-15/h4-11H,1-3H3,(H,19,20,21). The van der Waals surface area contributed by atoms with Gasteiger partial charge in [-0.3, -0.25) is 4.98 Å². The number of thiazole rings is 1. The molecule has 0 saturated carbocycles. The second-order valence-corrected chi connectivity index (χ2v) is 6.35. The summed E-state index contributed by atoms with van der Waals surface area (Å²) >= 11 is 1.62. The molecule has 0 radical (unpaired) electrons. The van der Waals surface area contributed by atoms with Crippen LogP contribution in [0.4, 0.5) is 11.6 Å². The fourth-order valence-electron chi connectivity index (χ4n) is 2.19. The van der Waals surface area contributed by atoms with E-state index in [1.54, 1.807) is 23.6 Å². The van der Waals surface area contributed by atoms with Crippen LogP contribution >= 0.6 is 11.3 Å². The first kappa shape index (κ1) is 15.4. The molecule has 0 amide bonds. The number of nitrogens with one attached hydrogen (secondary N) is 1. The van der Waals surface area contributed by atoms with Gasteiger partial charge in [-0.15, -0.1) is 11.3 Å². The molecule has 23 heavy (non-hydrogen) atoms. The van der Waals surface area contributed by atoms with Gasteiger partial charge >= 0.3 is 0 Å². The average molecular weight is 326 g/mol. The largest absolute Gasteiger partial charge is 0.475 e. The van der Waals surface area contributed by atoms with Crippen molar-refractivity contribution in [3.8, 4) is 16.3 Å². The van der Waals surface area contributed by atoms with Crippen LogP contribution < -0.4 is 10.1 Å². The van der Waals surface area contributed by atoms with Crippen molar-refractivity contribution < 1.29 is 4.74 Å². The van der Waals surface area contributed by atoms with Crippen molar-refractivity contribution in [2.24, 2.45) is 0 Å². The minimum Gasteiger partial charge on any atom is -0.475 e. The van der Waals surface area contributed by atoms with Crippen LogP contribution in [0.2, 0.25) is 0 Å². The molecule has 2 aromatic heterocycles. The molecule has 2 heterocycles. The molecule has 0 saturated heterocycles. The van der Waals surface area contributed by atoms with Crippen molar-refractivity contribution in [1.82, 2.24) is 15.0 Å². The minimum atomic E-state index is 0.0784. The maximum atomic E-state index is 5.60. The van der Waals surface area contributed by atoms with Gasteiger partial charge in [0.25, 0.3) is 0 Å². The molecule has 3 rings (SSSR count).